The van der Waals surface area contributed by atoms with Crippen LogP contribution < -0.4 is 11.1 Å². The van der Waals surface area contributed by atoms with Gasteiger partial charge in [0, 0.05) is 9.85 Å². The van der Waals surface area contributed by atoms with Crippen LogP contribution in [0.25, 0.3) is 0 Å². The van der Waals surface area contributed by atoms with Gasteiger partial charge in [0.2, 0.25) is 5.91 Å². The summed E-state index contributed by atoms with van der Waals surface area (Å²) in [6.45, 7) is 1.95. The number of nitrogens with one attached hydrogen (secondary N) is 1. The predicted octanol–water partition coefficient (Wildman–Crippen LogP) is 2.91. The monoisotopic (exact) mass is 339 g/mol. The number of carbonyl (C=O) groups excluding carboxylic acids is 1. The van der Waals surface area contributed by atoms with Crippen molar-refractivity contribution in [3.8, 4) is 0 Å². The van der Waals surface area contributed by atoms with Crippen LogP contribution in [0.5, 0.6) is 0 Å². The maximum Gasteiger partial charge on any atom is 0.226 e. The van der Waals surface area contributed by atoms with E-state index in [-0.39, 0.29) is 18.4 Å². The number of thiazole rings is 1. The van der Waals surface area contributed by atoms with E-state index >= 15 is 0 Å². The van der Waals surface area contributed by atoms with Crippen molar-refractivity contribution >= 4 is 38.3 Å². The minimum Gasteiger partial charge on any atom is -0.375 e. The van der Waals surface area contributed by atoms with Gasteiger partial charge in [0.25, 0.3) is 0 Å². The van der Waals surface area contributed by atoms with E-state index in [1.165, 1.54) is 11.3 Å². The number of carbonyl (C=O) groups is 1. The van der Waals surface area contributed by atoms with Gasteiger partial charge in [-0.1, -0.05) is 28.1 Å². The van der Waals surface area contributed by atoms with Crippen molar-refractivity contribution in [3.63, 3.8) is 0 Å². The molecule has 0 aliphatic heterocycles. The molecule has 4 nitrogen and oxygen atoms in total. The fourth-order valence-corrected chi connectivity index (χ4v) is 2.52. The standard InChI is InChI=1S/C13H14BrN3OS/c1-8(9-2-4-10(14)5-3-9)16-12(18)6-11-7-19-13(15)17-11/h2-5,7-8H,6H2,1H3,(H2,15,17)(H,16,18). The molecule has 1 heterocycles. The zero-order valence-electron chi connectivity index (χ0n) is 10.4. The zero-order chi connectivity index (χ0) is 13.8. The molecular weight excluding hydrogens is 326 g/mol. The van der Waals surface area contributed by atoms with E-state index < -0.39 is 0 Å². The summed E-state index contributed by atoms with van der Waals surface area (Å²) in [6, 6.07) is 7.85. The molecule has 19 heavy (non-hydrogen) atoms. The molecule has 0 spiro atoms. The lowest BCUT2D eigenvalue weighted by Crippen LogP contribution is -2.28. The minimum absolute atomic E-state index is 0.0309. The minimum atomic E-state index is -0.0549. The lowest BCUT2D eigenvalue weighted by Gasteiger charge is -2.14. The number of nitrogen functional groups attached to an aromatic ring is 1. The van der Waals surface area contributed by atoms with Gasteiger partial charge in [-0.15, -0.1) is 11.3 Å². The highest BCUT2D eigenvalue weighted by atomic mass is 79.9. The van der Waals surface area contributed by atoms with Gasteiger partial charge in [-0.25, -0.2) is 4.98 Å². The molecule has 3 N–H and O–H groups in total. The Hall–Kier alpha value is -1.40. The summed E-state index contributed by atoms with van der Waals surface area (Å²) in [5, 5.41) is 5.24. The number of anilines is 1. The maximum atomic E-state index is 11.9. The number of amides is 1. The SMILES string of the molecule is CC(NC(=O)Cc1csc(N)n1)c1ccc(Br)cc1. The second kappa shape index (κ2) is 6.16. The van der Waals surface area contributed by atoms with Crippen molar-refractivity contribution < 1.29 is 4.79 Å². The van der Waals surface area contributed by atoms with Crippen LogP contribution in [0.2, 0.25) is 0 Å². The largest absolute Gasteiger partial charge is 0.375 e. The van der Waals surface area contributed by atoms with Crippen molar-refractivity contribution in [2.75, 3.05) is 5.73 Å². The Labute approximate surface area is 124 Å². The Morgan fingerprint density at radius 1 is 1.47 bits per heavy atom. The molecule has 0 bridgehead atoms. The average Bonchev–Trinajstić information content (AvgIpc) is 2.75. The quantitative estimate of drug-likeness (QED) is 0.899. The second-order valence-electron chi connectivity index (χ2n) is 4.19. The fraction of sp³-hybridized carbons (Fsp3) is 0.231. The maximum absolute atomic E-state index is 11.9. The predicted molar refractivity (Wildman–Crippen MR) is 80.9 cm³/mol. The van der Waals surface area contributed by atoms with Crippen molar-refractivity contribution in [2.24, 2.45) is 0 Å². The number of rotatable bonds is 4. The summed E-state index contributed by atoms with van der Waals surface area (Å²) in [4.78, 5) is 15.9. The van der Waals surface area contributed by atoms with Crippen molar-refractivity contribution in [1.82, 2.24) is 10.3 Å². The Kier molecular flexibility index (Phi) is 4.55. The normalized spacial score (nSPS) is 12.1. The molecule has 0 aliphatic carbocycles. The molecule has 2 rings (SSSR count). The van der Waals surface area contributed by atoms with Crippen molar-refractivity contribution in [2.45, 2.75) is 19.4 Å². The summed E-state index contributed by atoms with van der Waals surface area (Å²) in [6.07, 6.45) is 0.259. The Morgan fingerprint density at radius 3 is 2.74 bits per heavy atom. The van der Waals surface area contributed by atoms with E-state index in [1.54, 1.807) is 5.38 Å². The van der Waals surface area contributed by atoms with Crippen LogP contribution in [-0.2, 0) is 11.2 Å². The molecule has 0 radical (unpaired) electrons. The third kappa shape index (κ3) is 4.04. The van der Waals surface area contributed by atoms with E-state index in [2.05, 4.69) is 26.2 Å². The first kappa shape index (κ1) is 14.0. The smallest absolute Gasteiger partial charge is 0.226 e. The highest BCUT2D eigenvalue weighted by Crippen LogP contribution is 2.17. The summed E-state index contributed by atoms with van der Waals surface area (Å²) in [5.41, 5.74) is 7.31. The number of halogens is 1. The van der Waals surface area contributed by atoms with E-state index in [0.717, 1.165) is 10.0 Å². The number of aromatic nitrogens is 1. The van der Waals surface area contributed by atoms with Gasteiger partial charge in [0.05, 0.1) is 18.2 Å². The molecule has 0 aliphatic rings. The van der Waals surface area contributed by atoms with E-state index in [0.29, 0.717) is 10.8 Å². The number of benzene rings is 1. The van der Waals surface area contributed by atoms with Crippen molar-refractivity contribution in [3.05, 3.63) is 45.4 Å². The lowest BCUT2D eigenvalue weighted by molar-refractivity contribution is -0.121. The number of hydrogen-bond acceptors (Lipinski definition) is 4. The number of nitrogens with two attached hydrogens (primary N) is 1. The molecular formula is C13H14BrN3OS. The van der Waals surface area contributed by atoms with E-state index in [9.17, 15) is 4.79 Å². The second-order valence-corrected chi connectivity index (χ2v) is 6.00. The van der Waals surface area contributed by atoms with Crippen LogP contribution in [-0.4, -0.2) is 10.9 Å². The fourth-order valence-electron chi connectivity index (χ4n) is 1.70. The van der Waals surface area contributed by atoms with E-state index in [4.69, 9.17) is 5.73 Å². The molecule has 1 aromatic heterocycles. The van der Waals surface area contributed by atoms with Crippen LogP contribution in [0.1, 0.15) is 24.2 Å². The third-order valence-electron chi connectivity index (χ3n) is 2.66. The highest BCUT2D eigenvalue weighted by molar-refractivity contribution is 9.10. The molecule has 0 saturated carbocycles. The molecule has 1 unspecified atom stereocenters. The highest BCUT2D eigenvalue weighted by Gasteiger charge is 2.11. The van der Waals surface area contributed by atoms with Gasteiger partial charge in [0.1, 0.15) is 0 Å². The summed E-state index contributed by atoms with van der Waals surface area (Å²) >= 11 is 4.73. The van der Waals surface area contributed by atoms with Gasteiger partial charge < -0.3 is 11.1 Å². The molecule has 0 saturated heterocycles. The number of hydrogen-bond donors (Lipinski definition) is 2. The van der Waals surface area contributed by atoms with E-state index in [1.807, 2.05) is 31.2 Å². The Morgan fingerprint density at radius 2 is 2.16 bits per heavy atom. The summed E-state index contributed by atoms with van der Waals surface area (Å²) < 4.78 is 1.02. The Balaban J connectivity index is 1.93. The molecule has 6 heteroatoms. The molecule has 1 amide bonds. The summed E-state index contributed by atoms with van der Waals surface area (Å²) in [5.74, 6) is -0.0549. The zero-order valence-corrected chi connectivity index (χ0v) is 12.8. The van der Waals surface area contributed by atoms with Gasteiger partial charge in [-0.05, 0) is 24.6 Å². The molecule has 2 aromatic rings. The first-order chi connectivity index (χ1) is 9.04. The molecule has 100 valence electrons. The van der Waals surface area contributed by atoms with Gasteiger partial charge in [0.15, 0.2) is 5.13 Å². The van der Waals surface area contributed by atoms with Crippen LogP contribution >= 0.6 is 27.3 Å². The van der Waals surface area contributed by atoms with Crippen LogP contribution in [0.3, 0.4) is 0 Å². The first-order valence-electron chi connectivity index (χ1n) is 5.79. The van der Waals surface area contributed by atoms with Crippen LogP contribution in [0.4, 0.5) is 5.13 Å². The molecule has 1 aromatic carbocycles. The first-order valence-corrected chi connectivity index (χ1v) is 7.46. The molecule has 1 atom stereocenters. The van der Waals surface area contributed by atoms with Crippen molar-refractivity contribution in [1.29, 1.82) is 0 Å². The van der Waals surface area contributed by atoms with Gasteiger partial charge in [-0.2, -0.15) is 0 Å². The molecule has 0 fully saturated rings. The Bertz CT molecular complexity index is 568. The number of nitrogens with zero attached hydrogens (tertiary/aromatic N) is 1. The van der Waals surface area contributed by atoms with Crippen LogP contribution in [0.15, 0.2) is 34.1 Å². The lowest BCUT2D eigenvalue weighted by atomic mass is 10.1. The third-order valence-corrected chi connectivity index (χ3v) is 3.91. The summed E-state index contributed by atoms with van der Waals surface area (Å²) in [7, 11) is 0. The van der Waals surface area contributed by atoms with Gasteiger partial charge in [-0.3, -0.25) is 4.79 Å². The van der Waals surface area contributed by atoms with Gasteiger partial charge >= 0.3 is 0 Å². The topological polar surface area (TPSA) is 68.0 Å². The average molecular weight is 340 g/mol. The van der Waals surface area contributed by atoms with Crippen LogP contribution in [0, 0.1) is 0 Å².